The van der Waals surface area contributed by atoms with Gasteiger partial charge in [0.05, 0.1) is 11.2 Å². The van der Waals surface area contributed by atoms with Crippen LogP contribution in [-0.4, -0.2) is 4.57 Å². The van der Waals surface area contributed by atoms with Gasteiger partial charge in [-0.1, -0.05) is 121 Å². The molecule has 0 amide bonds. The Morgan fingerprint density at radius 1 is 0.440 bits per heavy atom. The molecule has 50 heavy (non-hydrogen) atoms. The monoisotopic (exact) mass is 640 g/mol. The van der Waals surface area contributed by atoms with E-state index in [0.29, 0.717) is 0 Å². The van der Waals surface area contributed by atoms with Crippen LogP contribution in [-0.2, 0) is 5.54 Å². The third-order valence-corrected chi connectivity index (χ3v) is 10.5. The molecule has 238 valence electrons. The molecule has 0 radical (unpaired) electrons. The van der Waals surface area contributed by atoms with E-state index in [0.717, 1.165) is 11.4 Å². The summed E-state index contributed by atoms with van der Waals surface area (Å²) >= 11 is 0. The lowest BCUT2D eigenvalue weighted by Gasteiger charge is -2.27. The molecule has 1 aromatic heterocycles. The van der Waals surface area contributed by atoms with Crippen molar-refractivity contribution in [2.24, 2.45) is 0 Å². The SMILES string of the molecule is CC(C)(C)n1c2ccccc2c2cc3ccc4ccc(-c5ccc(N(c6ccccc6)c6cccc7ccccc67)cc5)c5ccc(c3c45)c21. The maximum Gasteiger partial charge on any atom is 0.0576 e. The van der Waals surface area contributed by atoms with Crippen molar-refractivity contribution in [2.75, 3.05) is 4.90 Å². The molecular weight excluding hydrogens is 605 g/mol. The Hall–Kier alpha value is -6.12. The summed E-state index contributed by atoms with van der Waals surface area (Å²) in [6.45, 7) is 6.95. The molecule has 0 fully saturated rings. The average Bonchev–Trinajstić information content (AvgIpc) is 3.50. The van der Waals surface area contributed by atoms with Gasteiger partial charge in [-0.25, -0.2) is 0 Å². The molecule has 9 aromatic carbocycles. The van der Waals surface area contributed by atoms with Gasteiger partial charge in [-0.05, 0) is 107 Å². The van der Waals surface area contributed by atoms with Gasteiger partial charge in [-0.15, -0.1) is 0 Å². The summed E-state index contributed by atoms with van der Waals surface area (Å²) in [6.07, 6.45) is 0. The lowest BCUT2D eigenvalue weighted by Crippen LogP contribution is -2.21. The van der Waals surface area contributed by atoms with Crippen LogP contribution < -0.4 is 4.90 Å². The van der Waals surface area contributed by atoms with Crippen molar-refractivity contribution in [3.8, 4) is 11.1 Å². The Balaban J connectivity index is 1.17. The highest BCUT2D eigenvalue weighted by atomic mass is 15.1. The molecule has 2 heteroatoms. The highest BCUT2D eigenvalue weighted by Crippen LogP contribution is 2.46. The lowest BCUT2D eigenvalue weighted by molar-refractivity contribution is 0.424. The zero-order valence-corrected chi connectivity index (χ0v) is 28.5. The second kappa shape index (κ2) is 10.7. The molecule has 10 aromatic rings. The predicted molar refractivity (Wildman–Crippen MR) is 216 cm³/mol. The van der Waals surface area contributed by atoms with E-state index in [-0.39, 0.29) is 5.54 Å². The van der Waals surface area contributed by atoms with Crippen LogP contribution in [0.25, 0.3) is 76.0 Å². The Bertz CT molecular complexity index is 2880. The van der Waals surface area contributed by atoms with Crippen LogP contribution >= 0.6 is 0 Å². The van der Waals surface area contributed by atoms with Crippen molar-refractivity contribution >= 4 is 82.0 Å². The number of aromatic nitrogens is 1. The van der Waals surface area contributed by atoms with Gasteiger partial charge in [0.2, 0.25) is 0 Å². The topological polar surface area (TPSA) is 8.17 Å². The first-order chi connectivity index (χ1) is 24.5. The smallest absolute Gasteiger partial charge is 0.0576 e. The fourth-order valence-electron chi connectivity index (χ4n) is 8.47. The van der Waals surface area contributed by atoms with Crippen LogP contribution in [0, 0.1) is 0 Å². The maximum atomic E-state index is 2.55. The minimum absolute atomic E-state index is 0.0726. The van der Waals surface area contributed by atoms with Gasteiger partial charge in [-0.3, -0.25) is 0 Å². The van der Waals surface area contributed by atoms with E-state index in [9.17, 15) is 0 Å². The van der Waals surface area contributed by atoms with Crippen molar-refractivity contribution in [1.29, 1.82) is 0 Å². The van der Waals surface area contributed by atoms with Gasteiger partial charge in [0.15, 0.2) is 0 Å². The highest BCUT2D eigenvalue weighted by Gasteiger charge is 2.24. The number of hydrogen-bond donors (Lipinski definition) is 0. The van der Waals surface area contributed by atoms with E-state index in [2.05, 4.69) is 194 Å². The molecule has 2 nitrogen and oxygen atoms in total. The first-order valence-corrected chi connectivity index (χ1v) is 17.5. The molecule has 0 spiro atoms. The second-order valence-electron chi connectivity index (χ2n) is 14.5. The number of para-hydroxylation sites is 2. The van der Waals surface area contributed by atoms with Crippen LogP contribution in [0.1, 0.15) is 20.8 Å². The van der Waals surface area contributed by atoms with E-state index in [4.69, 9.17) is 0 Å². The van der Waals surface area contributed by atoms with E-state index < -0.39 is 0 Å². The van der Waals surface area contributed by atoms with Gasteiger partial charge < -0.3 is 9.47 Å². The van der Waals surface area contributed by atoms with Gasteiger partial charge in [0.1, 0.15) is 0 Å². The van der Waals surface area contributed by atoms with Crippen LogP contribution in [0.3, 0.4) is 0 Å². The van der Waals surface area contributed by atoms with Gasteiger partial charge in [0, 0.05) is 44.0 Å². The first-order valence-electron chi connectivity index (χ1n) is 17.5. The van der Waals surface area contributed by atoms with Crippen molar-refractivity contribution in [1.82, 2.24) is 4.57 Å². The number of benzene rings is 9. The second-order valence-corrected chi connectivity index (χ2v) is 14.5. The molecule has 0 N–H and O–H groups in total. The number of anilines is 3. The van der Waals surface area contributed by atoms with Crippen LogP contribution in [0.4, 0.5) is 17.1 Å². The molecule has 0 unspecified atom stereocenters. The standard InChI is InChI=1S/C48H36N2/c1-48(2,3)50-44-18-10-9-17-39(44)42-30-34-21-20-33-24-27-37(40-28-29-41(47(42)50)46(34)45(33)40)32-22-25-36(26-23-32)49(35-14-5-4-6-15-35)43-19-11-13-31-12-7-8-16-38(31)43/h4-30H,1-3H3. The number of nitrogens with zero attached hydrogens (tertiary/aromatic N) is 2. The fraction of sp³-hybridized carbons (Fsp3) is 0.0833. The molecular formula is C48H36N2. The molecule has 0 bridgehead atoms. The van der Waals surface area contributed by atoms with Crippen molar-refractivity contribution in [3.63, 3.8) is 0 Å². The van der Waals surface area contributed by atoms with E-state index in [1.54, 1.807) is 0 Å². The van der Waals surface area contributed by atoms with Gasteiger partial charge >= 0.3 is 0 Å². The van der Waals surface area contributed by atoms with Crippen LogP contribution in [0.15, 0.2) is 164 Å². The maximum absolute atomic E-state index is 2.55. The summed E-state index contributed by atoms with van der Waals surface area (Å²) < 4.78 is 2.55. The van der Waals surface area contributed by atoms with Crippen molar-refractivity contribution < 1.29 is 0 Å². The normalized spacial score (nSPS) is 12.3. The zero-order valence-electron chi connectivity index (χ0n) is 28.5. The number of rotatable bonds is 4. The molecule has 0 aliphatic rings. The summed E-state index contributed by atoms with van der Waals surface area (Å²) in [5, 5.41) is 13.0. The lowest BCUT2D eigenvalue weighted by atomic mass is 9.88. The van der Waals surface area contributed by atoms with Crippen molar-refractivity contribution in [2.45, 2.75) is 26.3 Å². The van der Waals surface area contributed by atoms with Crippen LogP contribution in [0.5, 0.6) is 0 Å². The molecule has 0 saturated carbocycles. The largest absolute Gasteiger partial charge is 0.335 e. The molecule has 0 saturated heterocycles. The van der Waals surface area contributed by atoms with Crippen molar-refractivity contribution in [3.05, 3.63) is 164 Å². The summed E-state index contributed by atoms with van der Waals surface area (Å²) in [5.74, 6) is 0. The quantitative estimate of drug-likeness (QED) is 0.174. The Morgan fingerprint density at radius 3 is 1.90 bits per heavy atom. The minimum atomic E-state index is -0.0726. The van der Waals surface area contributed by atoms with E-state index in [1.807, 2.05) is 0 Å². The van der Waals surface area contributed by atoms with E-state index in [1.165, 1.54) is 81.7 Å². The number of fused-ring (bicyclic) bond motifs is 5. The minimum Gasteiger partial charge on any atom is -0.335 e. The Kier molecular flexibility index (Phi) is 6.17. The van der Waals surface area contributed by atoms with Gasteiger partial charge in [0.25, 0.3) is 0 Å². The third-order valence-electron chi connectivity index (χ3n) is 10.5. The summed E-state index contributed by atoms with van der Waals surface area (Å²) in [4.78, 5) is 2.37. The summed E-state index contributed by atoms with van der Waals surface area (Å²) in [5.41, 5.74) is 8.45. The molecule has 1 heterocycles. The third kappa shape index (κ3) is 4.21. The number of hydrogen-bond acceptors (Lipinski definition) is 1. The highest BCUT2D eigenvalue weighted by molar-refractivity contribution is 6.32. The van der Waals surface area contributed by atoms with Crippen LogP contribution in [0.2, 0.25) is 0 Å². The summed E-state index contributed by atoms with van der Waals surface area (Å²) in [6, 6.07) is 60.3. The molecule has 0 aliphatic carbocycles. The molecule has 0 atom stereocenters. The zero-order chi connectivity index (χ0) is 33.6. The van der Waals surface area contributed by atoms with E-state index >= 15 is 0 Å². The fourth-order valence-corrected chi connectivity index (χ4v) is 8.47. The van der Waals surface area contributed by atoms with Gasteiger partial charge in [-0.2, -0.15) is 0 Å². The first kappa shape index (κ1) is 28.9. The predicted octanol–water partition coefficient (Wildman–Crippen LogP) is 13.7. The molecule has 10 rings (SSSR count). The Morgan fingerprint density at radius 2 is 1.08 bits per heavy atom. The Labute approximate surface area is 291 Å². The molecule has 0 aliphatic heterocycles. The average molecular weight is 641 g/mol. The summed E-state index contributed by atoms with van der Waals surface area (Å²) in [7, 11) is 0.